The van der Waals surface area contributed by atoms with Gasteiger partial charge in [-0.25, -0.2) is 0 Å². The maximum Gasteiger partial charge on any atom is 0.0677 e. The largest absolute Gasteiger partial charge is 0.252 e. The molecule has 0 N–H and O–H groups in total. The molecule has 0 aliphatic rings. The molecule has 0 heterocycles. The molecule has 0 amide bonds. The molecule has 0 fully saturated rings. The second-order valence-electron chi connectivity index (χ2n) is 5.38. The molecular formula is C19H20Cl2N2. The fraction of sp³-hybridized carbons (Fsp3) is 0.263. The minimum Gasteiger partial charge on any atom is -0.252 e. The van der Waals surface area contributed by atoms with E-state index in [9.17, 15) is 0 Å². The Hall–Kier alpha value is -1.64. The van der Waals surface area contributed by atoms with Gasteiger partial charge in [0.2, 0.25) is 0 Å². The van der Waals surface area contributed by atoms with Gasteiger partial charge in [0.1, 0.15) is 0 Å². The highest BCUT2D eigenvalue weighted by atomic mass is 35.5. The second-order valence-corrected chi connectivity index (χ2v) is 6.19. The van der Waals surface area contributed by atoms with E-state index in [1.807, 2.05) is 57.2 Å². The SMILES string of the molecule is CCC(=N/c1cccc(Cl)c1C)/C(C)=N\c1cccc(Cl)c1C. The van der Waals surface area contributed by atoms with Crippen molar-refractivity contribution in [3.8, 4) is 0 Å². The summed E-state index contributed by atoms with van der Waals surface area (Å²) < 4.78 is 0. The fourth-order valence-corrected chi connectivity index (χ4v) is 2.58. The van der Waals surface area contributed by atoms with Crippen LogP contribution in [0.25, 0.3) is 0 Å². The molecular weight excluding hydrogens is 327 g/mol. The second kappa shape index (κ2) is 7.76. The average Bonchev–Trinajstić information content (AvgIpc) is 2.53. The van der Waals surface area contributed by atoms with Crippen molar-refractivity contribution in [3.05, 3.63) is 57.6 Å². The van der Waals surface area contributed by atoms with Gasteiger partial charge in [0.15, 0.2) is 0 Å². The van der Waals surface area contributed by atoms with Crippen molar-refractivity contribution in [2.75, 3.05) is 0 Å². The molecule has 0 aliphatic heterocycles. The highest BCUT2D eigenvalue weighted by Crippen LogP contribution is 2.28. The van der Waals surface area contributed by atoms with E-state index in [1.54, 1.807) is 0 Å². The molecule has 0 aliphatic carbocycles. The quantitative estimate of drug-likeness (QED) is 0.538. The summed E-state index contributed by atoms with van der Waals surface area (Å²) in [7, 11) is 0. The van der Waals surface area contributed by atoms with Gasteiger partial charge in [-0.1, -0.05) is 42.3 Å². The molecule has 0 saturated carbocycles. The summed E-state index contributed by atoms with van der Waals surface area (Å²) in [5.41, 5.74) is 5.53. The predicted octanol–water partition coefficient (Wildman–Crippen LogP) is 6.89. The van der Waals surface area contributed by atoms with Gasteiger partial charge in [-0.15, -0.1) is 0 Å². The van der Waals surface area contributed by atoms with Gasteiger partial charge in [0.25, 0.3) is 0 Å². The molecule has 0 radical (unpaired) electrons. The summed E-state index contributed by atoms with van der Waals surface area (Å²) in [4.78, 5) is 9.46. The van der Waals surface area contributed by atoms with Gasteiger partial charge < -0.3 is 0 Å². The van der Waals surface area contributed by atoms with Crippen molar-refractivity contribution in [2.45, 2.75) is 34.1 Å². The van der Waals surface area contributed by atoms with Crippen molar-refractivity contribution in [3.63, 3.8) is 0 Å². The van der Waals surface area contributed by atoms with Crippen LogP contribution in [0.4, 0.5) is 11.4 Å². The summed E-state index contributed by atoms with van der Waals surface area (Å²) in [6.07, 6.45) is 0.793. The van der Waals surface area contributed by atoms with Gasteiger partial charge in [-0.05, 0) is 62.6 Å². The third-order valence-corrected chi connectivity index (χ3v) is 4.59. The predicted molar refractivity (Wildman–Crippen MR) is 103 cm³/mol. The van der Waals surface area contributed by atoms with Crippen LogP contribution in [-0.4, -0.2) is 11.4 Å². The van der Waals surface area contributed by atoms with Crippen LogP contribution in [0.15, 0.2) is 46.4 Å². The Balaban J connectivity index is 2.44. The van der Waals surface area contributed by atoms with Crippen LogP contribution in [0.1, 0.15) is 31.4 Å². The molecule has 0 spiro atoms. The molecule has 4 heteroatoms. The van der Waals surface area contributed by atoms with Crippen LogP contribution < -0.4 is 0 Å². The van der Waals surface area contributed by atoms with Crippen LogP contribution in [0.2, 0.25) is 10.0 Å². The zero-order valence-corrected chi connectivity index (χ0v) is 15.3. The molecule has 2 aromatic carbocycles. The maximum atomic E-state index is 6.17. The van der Waals surface area contributed by atoms with Gasteiger partial charge in [0.05, 0.1) is 22.8 Å². The highest BCUT2D eigenvalue weighted by molar-refractivity contribution is 6.42. The number of hydrogen-bond donors (Lipinski definition) is 0. The maximum absolute atomic E-state index is 6.17. The number of rotatable bonds is 4. The lowest BCUT2D eigenvalue weighted by Crippen LogP contribution is -2.08. The first kappa shape index (κ1) is 17.7. The molecule has 2 rings (SSSR count). The summed E-state index contributed by atoms with van der Waals surface area (Å²) in [6, 6.07) is 11.5. The minimum absolute atomic E-state index is 0.722. The standard InChI is InChI=1S/C19H20Cl2N2/c1-5-17(23-19-11-7-9-16(21)13(19)3)14(4)22-18-10-6-8-15(20)12(18)2/h6-11H,5H2,1-4H3/b22-14-,23-17-. The van der Waals surface area contributed by atoms with Crippen LogP contribution in [-0.2, 0) is 0 Å². The third kappa shape index (κ3) is 4.21. The Bertz CT molecular complexity index is 777. The van der Waals surface area contributed by atoms with E-state index in [4.69, 9.17) is 33.2 Å². The molecule has 0 bridgehead atoms. The average molecular weight is 347 g/mol. The number of hydrogen-bond acceptors (Lipinski definition) is 2. The highest BCUT2D eigenvalue weighted by Gasteiger charge is 2.07. The lowest BCUT2D eigenvalue weighted by Gasteiger charge is -2.08. The topological polar surface area (TPSA) is 24.7 Å². The van der Waals surface area contributed by atoms with Crippen molar-refractivity contribution < 1.29 is 0 Å². The molecule has 0 atom stereocenters. The Kier molecular flexibility index (Phi) is 5.97. The van der Waals surface area contributed by atoms with Crippen molar-refractivity contribution in [2.24, 2.45) is 9.98 Å². The van der Waals surface area contributed by atoms with Gasteiger partial charge in [0, 0.05) is 10.0 Å². The van der Waals surface area contributed by atoms with Crippen molar-refractivity contribution in [1.29, 1.82) is 0 Å². The zero-order valence-electron chi connectivity index (χ0n) is 13.8. The van der Waals surface area contributed by atoms with E-state index < -0.39 is 0 Å². The van der Waals surface area contributed by atoms with E-state index in [-0.39, 0.29) is 0 Å². The number of benzene rings is 2. The molecule has 120 valence electrons. The van der Waals surface area contributed by atoms with E-state index in [2.05, 4.69) is 6.92 Å². The number of nitrogens with zero attached hydrogens (tertiary/aromatic N) is 2. The summed E-state index contributed by atoms with van der Waals surface area (Å²) in [5.74, 6) is 0. The zero-order chi connectivity index (χ0) is 17.0. The minimum atomic E-state index is 0.722. The van der Waals surface area contributed by atoms with Gasteiger partial charge >= 0.3 is 0 Å². The van der Waals surface area contributed by atoms with Crippen molar-refractivity contribution >= 4 is 46.0 Å². The monoisotopic (exact) mass is 346 g/mol. The van der Waals surface area contributed by atoms with E-state index in [0.717, 1.165) is 50.4 Å². The summed E-state index contributed by atoms with van der Waals surface area (Å²) in [5, 5.41) is 1.45. The Labute approximate surface area is 147 Å². The third-order valence-electron chi connectivity index (χ3n) is 3.77. The van der Waals surface area contributed by atoms with Crippen LogP contribution in [0, 0.1) is 13.8 Å². The molecule has 2 nitrogen and oxygen atoms in total. The molecule has 0 unspecified atom stereocenters. The van der Waals surface area contributed by atoms with Gasteiger partial charge in [-0.3, -0.25) is 9.98 Å². The lowest BCUT2D eigenvalue weighted by atomic mass is 10.1. The normalized spacial score (nSPS) is 12.6. The lowest BCUT2D eigenvalue weighted by molar-refractivity contribution is 1.27. The Morgan fingerprint density at radius 3 is 1.83 bits per heavy atom. The van der Waals surface area contributed by atoms with Crippen molar-refractivity contribution in [1.82, 2.24) is 0 Å². The van der Waals surface area contributed by atoms with Crippen LogP contribution in [0.5, 0.6) is 0 Å². The first-order valence-corrected chi connectivity index (χ1v) is 8.33. The van der Waals surface area contributed by atoms with E-state index in [0.29, 0.717) is 0 Å². The van der Waals surface area contributed by atoms with E-state index >= 15 is 0 Å². The van der Waals surface area contributed by atoms with E-state index in [1.165, 1.54) is 0 Å². The Morgan fingerprint density at radius 2 is 1.35 bits per heavy atom. The Morgan fingerprint density at radius 1 is 0.870 bits per heavy atom. The number of halogens is 2. The molecule has 2 aromatic rings. The molecule has 0 saturated heterocycles. The summed E-state index contributed by atoms with van der Waals surface area (Å²) >= 11 is 12.3. The first-order valence-electron chi connectivity index (χ1n) is 7.57. The molecule has 23 heavy (non-hydrogen) atoms. The van der Waals surface area contributed by atoms with Crippen LogP contribution in [0.3, 0.4) is 0 Å². The smallest absolute Gasteiger partial charge is 0.0677 e. The van der Waals surface area contributed by atoms with Gasteiger partial charge in [-0.2, -0.15) is 0 Å². The number of aliphatic imine (C=N–C) groups is 2. The molecule has 0 aromatic heterocycles. The fourth-order valence-electron chi connectivity index (χ4n) is 2.24. The summed E-state index contributed by atoms with van der Waals surface area (Å²) in [6.45, 7) is 7.99. The van der Waals surface area contributed by atoms with Crippen LogP contribution >= 0.6 is 23.2 Å². The first-order chi connectivity index (χ1) is 10.9.